The largest absolute Gasteiger partial charge is 0.357 e. The molecule has 1 unspecified atom stereocenters. The minimum Gasteiger partial charge on any atom is -0.357 e. The molecule has 1 aliphatic heterocycles. The van der Waals surface area contributed by atoms with Gasteiger partial charge in [-0.05, 0) is 62.6 Å². The smallest absolute Gasteiger partial charge is 0.229 e. The van der Waals surface area contributed by atoms with Gasteiger partial charge in [0.25, 0.3) is 0 Å². The van der Waals surface area contributed by atoms with Crippen molar-refractivity contribution in [2.45, 2.75) is 64.8 Å². The van der Waals surface area contributed by atoms with E-state index in [0.717, 1.165) is 6.54 Å². The summed E-state index contributed by atoms with van der Waals surface area (Å²) in [5.41, 5.74) is 4.22. The summed E-state index contributed by atoms with van der Waals surface area (Å²) in [4.78, 5) is 29.8. The molecule has 1 saturated heterocycles. The second-order valence-corrected chi connectivity index (χ2v) is 7.65. The lowest BCUT2D eigenvalue weighted by Gasteiger charge is -2.24. The molecule has 1 fully saturated rings. The van der Waals surface area contributed by atoms with Gasteiger partial charge < -0.3 is 10.6 Å². The lowest BCUT2D eigenvalue weighted by atomic mass is 9.89. The second-order valence-electron chi connectivity index (χ2n) is 7.65. The highest BCUT2D eigenvalue weighted by Gasteiger charge is 2.25. The molecule has 1 heterocycles. The summed E-state index contributed by atoms with van der Waals surface area (Å²) in [6.07, 6.45) is 6.51. The normalized spacial score (nSPS) is 18.0. The Balaban J connectivity index is 0.00000300. The van der Waals surface area contributed by atoms with Gasteiger partial charge in [0.2, 0.25) is 11.8 Å². The molecule has 0 saturated carbocycles. The number of aliphatic imine (C=N–C) groups is 1. The zero-order chi connectivity index (χ0) is 19.9. The molecule has 0 spiro atoms. The lowest BCUT2D eigenvalue weighted by molar-refractivity contribution is -0.147. The highest BCUT2D eigenvalue weighted by molar-refractivity contribution is 14.0. The van der Waals surface area contributed by atoms with E-state index in [-0.39, 0.29) is 41.8 Å². The van der Waals surface area contributed by atoms with Crippen LogP contribution >= 0.6 is 24.0 Å². The average molecular weight is 512 g/mol. The Bertz CT molecular complexity index is 734. The third-order valence-corrected chi connectivity index (χ3v) is 5.55. The molecule has 1 atom stereocenters. The topological polar surface area (TPSA) is 73.8 Å². The van der Waals surface area contributed by atoms with E-state index in [4.69, 9.17) is 0 Å². The van der Waals surface area contributed by atoms with Crippen molar-refractivity contribution in [1.29, 1.82) is 0 Å². The number of likely N-dealkylation sites (tertiary alicyclic amines) is 1. The molecule has 29 heavy (non-hydrogen) atoms. The van der Waals surface area contributed by atoms with Gasteiger partial charge in [-0.3, -0.25) is 19.5 Å². The molecular formula is C22H33IN4O2. The lowest BCUT2D eigenvalue weighted by Crippen LogP contribution is -2.43. The highest BCUT2D eigenvalue weighted by atomic mass is 127. The summed E-state index contributed by atoms with van der Waals surface area (Å²) in [5.74, 6) is 0.559. The van der Waals surface area contributed by atoms with Crippen molar-refractivity contribution in [3.05, 3.63) is 34.9 Å². The Labute approximate surface area is 190 Å². The average Bonchev–Trinajstić information content (AvgIpc) is 2.70. The first kappa shape index (κ1) is 23.6. The van der Waals surface area contributed by atoms with Gasteiger partial charge >= 0.3 is 0 Å². The van der Waals surface area contributed by atoms with E-state index in [0.29, 0.717) is 38.3 Å². The molecule has 0 radical (unpaired) electrons. The van der Waals surface area contributed by atoms with Gasteiger partial charge in [0.05, 0.1) is 12.6 Å². The number of guanidine groups is 1. The Hall–Kier alpha value is -1.64. The minimum absolute atomic E-state index is 0. The van der Waals surface area contributed by atoms with Gasteiger partial charge in [-0.25, -0.2) is 0 Å². The van der Waals surface area contributed by atoms with Crippen molar-refractivity contribution in [1.82, 2.24) is 15.5 Å². The molecule has 7 heteroatoms. The molecule has 1 aromatic rings. The molecule has 1 aliphatic carbocycles. The first-order valence-electron chi connectivity index (χ1n) is 10.6. The molecule has 2 amide bonds. The number of nitrogens with one attached hydrogen (secondary N) is 2. The molecule has 2 N–H and O–H groups in total. The van der Waals surface area contributed by atoms with Crippen molar-refractivity contribution in [2.75, 3.05) is 19.6 Å². The monoisotopic (exact) mass is 512 g/mol. The first-order chi connectivity index (χ1) is 13.6. The summed E-state index contributed by atoms with van der Waals surface area (Å²) < 4.78 is 0. The third-order valence-electron chi connectivity index (χ3n) is 5.55. The number of nitrogens with zero attached hydrogens (tertiary/aromatic N) is 2. The highest BCUT2D eigenvalue weighted by Crippen LogP contribution is 2.24. The fourth-order valence-corrected chi connectivity index (χ4v) is 3.94. The standard InChI is InChI=1S/C22H32N4O2.HI/c1-3-23-22(24-13-14-26-20(27)9-6-10-21(26)28)25-16(2)18-12-11-17-7-4-5-8-19(17)15-18;/h11-12,15-16H,3-10,13-14H2,1-2H3,(H2,23,24,25);1H. The number of hydrogen-bond acceptors (Lipinski definition) is 3. The van der Waals surface area contributed by atoms with Gasteiger partial charge in [-0.15, -0.1) is 24.0 Å². The van der Waals surface area contributed by atoms with Crippen LogP contribution in [0.3, 0.4) is 0 Å². The van der Waals surface area contributed by atoms with E-state index in [2.05, 4.69) is 40.7 Å². The maximum Gasteiger partial charge on any atom is 0.229 e. The number of amides is 2. The van der Waals surface area contributed by atoms with Gasteiger partial charge in [0.15, 0.2) is 5.96 Å². The molecule has 6 nitrogen and oxygen atoms in total. The molecule has 0 bridgehead atoms. The SMILES string of the molecule is CCNC(=NCCN1C(=O)CCCC1=O)NC(C)c1ccc2c(c1)CCCC2.I. The third kappa shape index (κ3) is 6.42. The minimum atomic E-state index is -0.0770. The quantitative estimate of drug-likeness (QED) is 0.266. The summed E-state index contributed by atoms with van der Waals surface area (Å²) in [6.45, 7) is 5.67. The molecule has 3 rings (SSSR count). The number of fused-ring (bicyclic) bond motifs is 1. The summed E-state index contributed by atoms with van der Waals surface area (Å²) in [7, 11) is 0. The Morgan fingerprint density at radius 3 is 2.45 bits per heavy atom. The fourth-order valence-electron chi connectivity index (χ4n) is 3.94. The number of aryl methyl sites for hydroxylation is 2. The van der Waals surface area contributed by atoms with Crippen molar-refractivity contribution in [3.63, 3.8) is 0 Å². The molecular weight excluding hydrogens is 479 g/mol. The summed E-state index contributed by atoms with van der Waals surface area (Å²) >= 11 is 0. The van der Waals surface area contributed by atoms with Gasteiger partial charge in [0, 0.05) is 25.9 Å². The van der Waals surface area contributed by atoms with E-state index in [9.17, 15) is 9.59 Å². The van der Waals surface area contributed by atoms with Crippen molar-refractivity contribution in [3.8, 4) is 0 Å². The van der Waals surface area contributed by atoms with Crippen LogP contribution in [0.2, 0.25) is 0 Å². The Morgan fingerprint density at radius 1 is 1.07 bits per heavy atom. The van der Waals surface area contributed by atoms with Crippen molar-refractivity contribution in [2.24, 2.45) is 4.99 Å². The zero-order valence-electron chi connectivity index (χ0n) is 17.5. The second kappa shape index (κ2) is 11.5. The van der Waals surface area contributed by atoms with Crippen molar-refractivity contribution < 1.29 is 9.59 Å². The maximum atomic E-state index is 11.9. The van der Waals surface area contributed by atoms with Crippen LogP contribution in [0.4, 0.5) is 0 Å². The Morgan fingerprint density at radius 2 is 1.76 bits per heavy atom. The summed E-state index contributed by atoms with van der Waals surface area (Å²) in [5, 5.41) is 6.71. The predicted molar refractivity (Wildman–Crippen MR) is 127 cm³/mol. The van der Waals surface area contributed by atoms with E-state index in [1.54, 1.807) is 0 Å². The van der Waals surface area contributed by atoms with Crippen LogP contribution in [-0.4, -0.2) is 42.3 Å². The maximum absolute atomic E-state index is 11.9. The molecule has 0 aromatic heterocycles. The molecule has 160 valence electrons. The van der Waals surface area contributed by atoms with Crippen LogP contribution in [0.5, 0.6) is 0 Å². The van der Waals surface area contributed by atoms with Crippen LogP contribution in [0, 0.1) is 0 Å². The number of carbonyl (C=O) groups is 2. The van der Waals surface area contributed by atoms with Crippen molar-refractivity contribution >= 4 is 41.8 Å². The van der Waals surface area contributed by atoms with Crippen LogP contribution < -0.4 is 10.6 Å². The van der Waals surface area contributed by atoms with Gasteiger partial charge in [-0.1, -0.05) is 18.2 Å². The number of benzene rings is 1. The van der Waals surface area contributed by atoms with E-state index in [1.165, 1.54) is 47.3 Å². The summed E-state index contributed by atoms with van der Waals surface area (Å²) in [6, 6.07) is 6.92. The van der Waals surface area contributed by atoms with E-state index in [1.807, 2.05) is 6.92 Å². The number of piperidine rings is 1. The zero-order valence-corrected chi connectivity index (χ0v) is 19.8. The van der Waals surface area contributed by atoms with Crippen LogP contribution in [0.25, 0.3) is 0 Å². The van der Waals surface area contributed by atoms with Crippen LogP contribution in [0.15, 0.2) is 23.2 Å². The number of halogens is 1. The first-order valence-corrected chi connectivity index (χ1v) is 10.6. The van der Waals surface area contributed by atoms with Gasteiger partial charge in [0.1, 0.15) is 0 Å². The molecule has 1 aromatic carbocycles. The Kier molecular flexibility index (Phi) is 9.39. The van der Waals surface area contributed by atoms with Crippen LogP contribution in [0.1, 0.15) is 68.7 Å². The predicted octanol–water partition coefficient (Wildman–Crippen LogP) is 3.34. The van der Waals surface area contributed by atoms with E-state index >= 15 is 0 Å². The number of carbonyl (C=O) groups excluding carboxylic acids is 2. The number of rotatable bonds is 6. The number of imide groups is 1. The fraction of sp³-hybridized carbons (Fsp3) is 0.591. The molecule has 2 aliphatic rings. The van der Waals surface area contributed by atoms with Crippen LogP contribution in [-0.2, 0) is 22.4 Å². The van der Waals surface area contributed by atoms with E-state index < -0.39 is 0 Å². The number of hydrogen-bond donors (Lipinski definition) is 2. The van der Waals surface area contributed by atoms with Gasteiger partial charge in [-0.2, -0.15) is 0 Å².